The second-order valence-corrected chi connectivity index (χ2v) is 6.66. The maximum absolute atomic E-state index is 13.7. The molecule has 2 aromatic rings. The van der Waals surface area contributed by atoms with Crippen molar-refractivity contribution in [2.75, 3.05) is 25.0 Å². The Hall–Kier alpha value is -2.11. The van der Waals surface area contributed by atoms with Gasteiger partial charge in [-0.05, 0) is 35.7 Å². The lowest BCUT2D eigenvalue weighted by atomic mass is 10.0. The number of anilines is 1. The van der Waals surface area contributed by atoms with Crippen LogP contribution >= 0.6 is 11.6 Å². The molecule has 0 saturated heterocycles. The first-order valence-electron chi connectivity index (χ1n) is 8.17. The highest BCUT2D eigenvalue weighted by molar-refractivity contribution is 6.31. The number of carbonyl (C=O) groups excluding carboxylic acids is 1. The van der Waals surface area contributed by atoms with Crippen molar-refractivity contribution < 1.29 is 14.3 Å². The molecule has 0 saturated carbocycles. The van der Waals surface area contributed by atoms with Crippen molar-refractivity contribution in [1.82, 2.24) is 5.32 Å². The Morgan fingerprint density at radius 1 is 1.40 bits per heavy atom. The number of halogens is 2. The van der Waals surface area contributed by atoms with Crippen molar-refractivity contribution in [2.45, 2.75) is 18.9 Å². The van der Waals surface area contributed by atoms with Crippen molar-refractivity contribution in [1.29, 1.82) is 0 Å². The van der Waals surface area contributed by atoms with Gasteiger partial charge in [-0.25, -0.2) is 4.39 Å². The summed E-state index contributed by atoms with van der Waals surface area (Å²) in [6.07, 6.45) is -0.0196. The molecule has 25 heavy (non-hydrogen) atoms. The van der Waals surface area contributed by atoms with Gasteiger partial charge in [0.1, 0.15) is 5.82 Å². The van der Waals surface area contributed by atoms with Crippen LogP contribution in [-0.2, 0) is 17.6 Å². The maximum atomic E-state index is 13.7. The van der Waals surface area contributed by atoms with E-state index < -0.39 is 11.9 Å². The number of rotatable bonds is 5. The van der Waals surface area contributed by atoms with Crippen LogP contribution in [0.25, 0.3) is 0 Å². The van der Waals surface area contributed by atoms with Gasteiger partial charge in [0.25, 0.3) is 0 Å². The highest BCUT2D eigenvalue weighted by Gasteiger charge is 2.18. The van der Waals surface area contributed by atoms with Gasteiger partial charge in [0.05, 0.1) is 12.5 Å². The van der Waals surface area contributed by atoms with Gasteiger partial charge < -0.3 is 15.3 Å². The first kappa shape index (κ1) is 17.7. The number of hydrogen-bond acceptors (Lipinski definition) is 3. The Bertz CT molecular complexity index is 777. The van der Waals surface area contributed by atoms with E-state index in [1.165, 1.54) is 23.4 Å². The van der Waals surface area contributed by atoms with Crippen LogP contribution in [0.15, 0.2) is 36.4 Å². The summed E-state index contributed by atoms with van der Waals surface area (Å²) < 4.78 is 13.7. The average molecular weight is 363 g/mol. The second kappa shape index (κ2) is 7.42. The van der Waals surface area contributed by atoms with Crippen molar-refractivity contribution in [3.63, 3.8) is 0 Å². The summed E-state index contributed by atoms with van der Waals surface area (Å²) >= 11 is 5.92. The van der Waals surface area contributed by atoms with Crippen LogP contribution in [-0.4, -0.2) is 31.2 Å². The second-order valence-electron chi connectivity index (χ2n) is 6.26. The molecule has 4 nitrogen and oxygen atoms in total. The molecule has 1 aliphatic rings. The van der Waals surface area contributed by atoms with Gasteiger partial charge in [0, 0.05) is 36.4 Å². The first-order chi connectivity index (χ1) is 12.0. The predicted molar refractivity (Wildman–Crippen MR) is 96.5 cm³/mol. The number of amides is 1. The van der Waals surface area contributed by atoms with Crippen molar-refractivity contribution >= 4 is 23.2 Å². The molecule has 0 radical (unpaired) electrons. The van der Waals surface area contributed by atoms with Crippen molar-refractivity contribution in [2.24, 2.45) is 0 Å². The first-order valence-corrected chi connectivity index (χ1v) is 8.55. The molecule has 2 N–H and O–H groups in total. The van der Waals surface area contributed by atoms with E-state index in [1.54, 1.807) is 6.07 Å². The Morgan fingerprint density at radius 3 is 2.96 bits per heavy atom. The highest BCUT2D eigenvalue weighted by atomic mass is 35.5. The summed E-state index contributed by atoms with van der Waals surface area (Å²) in [5, 5.41) is 13.2. The lowest BCUT2D eigenvalue weighted by molar-refractivity contribution is -0.120. The summed E-state index contributed by atoms with van der Waals surface area (Å²) in [6, 6.07) is 10.1. The topological polar surface area (TPSA) is 52.6 Å². The number of fused-ring (bicyclic) bond motifs is 1. The van der Waals surface area contributed by atoms with Crippen LogP contribution in [0.1, 0.15) is 22.8 Å². The van der Waals surface area contributed by atoms with Gasteiger partial charge >= 0.3 is 0 Å². The quantitative estimate of drug-likeness (QED) is 0.860. The van der Waals surface area contributed by atoms with E-state index in [9.17, 15) is 14.3 Å². The molecule has 2 aromatic carbocycles. The maximum Gasteiger partial charge on any atom is 0.224 e. The van der Waals surface area contributed by atoms with E-state index in [4.69, 9.17) is 11.6 Å². The third-order valence-corrected chi connectivity index (χ3v) is 4.86. The van der Waals surface area contributed by atoms with Crippen LogP contribution < -0.4 is 10.2 Å². The van der Waals surface area contributed by atoms with E-state index in [1.807, 2.05) is 25.2 Å². The van der Waals surface area contributed by atoms with E-state index in [0.29, 0.717) is 0 Å². The molecular formula is C19H20ClFN2O2. The van der Waals surface area contributed by atoms with Gasteiger partial charge in [-0.3, -0.25) is 4.79 Å². The molecule has 1 heterocycles. The number of nitrogens with one attached hydrogen (secondary N) is 1. The lowest BCUT2D eigenvalue weighted by Crippen LogP contribution is -2.30. The molecule has 132 valence electrons. The molecule has 0 aliphatic carbocycles. The molecule has 6 heteroatoms. The molecule has 0 bridgehead atoms. The lowest BCUT2D eigenvalue weighted by Gasteiger charge is -2.16. The molecule has 1 unspecified atom stereocenters. The fourth-order valence-electron chi connectivity index (χ4n) is 3.05. The summed E-state index contributed by atoms with van der Waals surface area (Å²) in [4.78, 5) is 14.2. The SMILES string of the molecule is CN1CCc2cc(C(O)CNC(=O)Cc3c(F)cccc3Cl)ccc21. The average Bonchev–Trinajstić information content (AvgIpc) is 2.97. The Morgan fingerprint density at radius 2 is 2.20 bits per heavy atom. The van der Waals surface area contributed by atoms with Crippen LogP contribution in [0, 0.1) is 5.82 Å². The number of benzene rings is 2. The molecule has 0 fully saturated rings. The van der Waals surface area contributed by atoms with E-state index in [2.05, 4.69) is 10.2 Å². The fourth-order valence-corrected chi connectivity index (χ4v) is 3.28. The largest absolute Gasteiger partial charge is 0.387 e. The van der Waals surface area contributed by atoms with Gasteiger partial charge in [-0.1, -0.05) is 29.8 Å². The van der Waals surface area contributed by atoms with Crippen LogP contribution in [0.2, 0.25) is 5.02 Å². The molecule has 1 atom stereocenters. The molecule has 3 rings (SSSR count). The normalized spacial score (nSPS) is 14.3. The fraction of sp³-hybridized carbons (Fsp3) is 0.316. The predicted octanol–water partition coefficient (Wildman–Crippen LogP) is 2.86. The summed E-state index contributed by atoms with van der Waals surface area (Å²) in [7, 11) is 2.04. The van der Waals surface area contributed by atoms with E-state index >= 15 is 0 Å². The van der Waals surface area contributed by atoms with E-state index in [0.717, 1.165) is 18.5 Å². The van der Waals surface area contributed by atoms with Crippen LogP contribution in [0.4, 0.5) is 10.1 Å². The minimum absolute atomic E-state index is 0.0690. The van der Waals surface area contributed by atoms with Gasteiger partial charge in [0.2, 0.25) is 5.91 Å². The third-order valence-electron chi connectivity index (χ3n) is 4.51. The number of likely N-dealkylation sites (N-methyl/N-ethyl adjacent to an activating group) is 1. The zero-order chi connectivity index (χ0) is 18.0. The Labute approximate surface area is 151 Å². The zero-order valence-corrected chi connectivity index (χ0v) is 14.7. The highest BCUT2D eigenvalue weighted by Crippen LogP contribution is 2.29. The van der Waals surface area contributed by atoms with Crippen molar-refractivity contribution in [3.8, 4) is 0 Å². The molecule has 0 spiro atoms. The van der Waals surface area contributed by atoms with E-state index in [-0.39, 0.29) is 29.5 Å². The third kappa shape index (κ3) is 3.94. The van der Waals surface area contributed by atoms with Gasteiger partial charge in [-0.2, -0.15) is 0 Å². The van der Waals surface area contributed by atoms with Gasteiger partial charge in [-0.15, -0.1) is 0 Å². The Balaban J connectivity index is 1.59. The monoisotopic (exact) mass is 362 g/mol. The summed E-state index contributed by atoms with van der Waals surface area (Å²) in [5.41, 5.74) is 3.30. The summed E-state index contributed by atoms with van der Waals surface area (Å²) in [6.45, 7) is 1.04. The molecule has 1 aliphatic heterocycles. The Kier molecular flexibility index (Phi) is 5.25. The number of aliphatic hydroxyl groups excluding tert-OH is 1. The minimum Gasteiger partial charge on any atom is -0.387 e. The smallest absolute Gasteiger partial charge is 0.224 e. The number of aliphatic hydroxyl groups is 1. The number of hydrogen-bond donors (Lipinski definition) is 2. The number of nitrogens with zero attached hydrogens (tertiary/aromatic N) is 1. The van der Waals surface area contributed by atoms with Crippen LogP contribution in [0.5, 0.6) is 0 Å². The molecular weight excluding hydrogens is 343 g/mol. The standard InChI is InChI=1S/C19H20ClFN2O2/c1-23-8-7-12-9-13(5-6-17(12)23)18(24)11-22-19(25)10-14-15(20)3-2-4-16(14)21/h2-6,9,18,24H,7-8,10-11H2,1H3,(H,22,25). The molecule has 1 amide bonds. The van der Waals surface area contributed by atoms with Crippen molar-refractivity contribution in [3.05, 3.63) is 63.9 Å². The van der Waals surface area contributed by atoms with Crippen LogP contribution in [0.3, 0.4) is 0 Å². The number of carbonyl (C=O) groups is 1. The minimum atomic E-state index is -0.809. The van der Waals surface area contributed by atoms with Gasteiger partial charge in [0.15, 0.2) is 0 Å². The molecule has 0 aromatic heterocycles. The summed E-state index contributed by atoms with van der Waals surface area (Å²) in [5.74, 6) is -0.891. The zero-order valence-electron chi connectivity index (χ0n) is 13.9.